The smallest absolute Gasteiger partial charge is 0.320 e. The van der Waals surface area contributed by atoms with Crippen LogP contribution >= 0.6 is 0 Å². The van der Waals surface area contributed by atoms with Gasteiger partial charge in [0.25, 0.3) is 0 Å². The molecule has 0 unspecified atom stereocenters. The monoisotopic (exact) mass is 362 g/mol. The maximum Gasteiger partial charge on any atom is 0.320 e. The highest BCUT2D eigenvalue weighted by Gasteiger charge is 2.11. The van der Waals surface area contributed by atoms with Crippen molar-refractivity contribution in [1.29, 1.82) is 0 Å². The predicted octanol–water partition coefficient (Wildman–Crippen LogP) is 2.99. The molecule has 0 radical (unpaired) electrons. The van der Waals surface area contributed by atoms with Crippen LogP contribution in [0.2, 0.25) is 0 Å². The molecule has 3 aromatic rings. The van der Waals surface area contributed by atoms with Gasteiger partial charge in [0.2, 0.25) is 0 Å². The molecule has 2 amide bonds. The largest absolute Gasteiger partial charge is 0.370 e. The van der Waals surface area contributed by atoms with Crippen molar-refractivity contribution in [3.8, 4) is 5.69 Å². The van der Waals surface area contributed by atoms with E-state index in [2.05, 4.69) is 32.1 Å². The number of aryl methyl sites for hydroxylation is 1. The lowest BCUT2D eigenvalue weighted by atomic mass is 10.1. The van der Waals surface area contributed by atoms with Crippen LogP contribution in [-0.2, 0) is 12.8 Å². The zero-order valence-corrected chi connectivity index (χ0v) is 15.0. The van der Waals surface area contributed by atoms with Gasteiger partial charge in [0, 0.05) is 31.3 Å². The van der Waals surface area contributed by atoms with Crippen molar-refractivity contribution in [3.05, 3.63) is 66.0 Å². The molecular weight excluding hydrogens is 340 g/mol. The molecule has 7 heteroatoms. The van der Waals surface area contributed by atoms with Gasteiger partial charge in [0.15, 0.2) is 0 Å². The quantitative estimate of drug-likeness (QED) is 0.651. The van der Waals surface area contributed by atoms with Crippen molar-refractivity contribution in [1.82, 2.24) is 20.1 Å². The lowest BCUT2D eigenvalue weighted by molar-refractivity contribution is 0.252. The first-order chi connectivity index (χ1) is 13.3. The standard InChI is InChI=1S/C20H22N6O/c27-20(25-18-11-14-23-26(18)17-6-2-1-3-7-17)22-13-10-16-9-8-15-5-4-12-21-19(15)24-16/h1-3,6-9,11,14H,4-5,10,12-13H2,(H,21,24)(H2,22,25,27). The molecule has 138 valence electrons. The highest BCUT2D eigenvalue weighted by Crippen LogP contribution is 2.19. The van der Waals surface area contributed by atoms with Crippen molar-refractivity contribution in [2.24, 2.45) is 0 Å². The summed E-state index contributed by atoms with van der Waals surface area (Å²) in [4.78, 5) is 16.9. The van der Waals surface area contributed by atoms with Crippen LogP contribution in [0.1, 0.15) is 17.7 Å². The van der Waals surface area contributed by atoms with E-state index in [4.69, 9.17) is 0 Å². The van der Waals surface area contributed by atoms with Crippen LogP contribution in [0, 0.1) is 0 Å². The van der Waals surface area contributed by atoms with E-state index in [9.17, 15) is 4.79 Å². The van der Waals surface area contributed by atoms with Gasteiger partial charge >= 0.3 is 6.03 Å². The summed E-state index contributed by atoms with van der Waals surface area (Å²) in [6.45, 7) is 1.48. The summed E-state index contributed by atoms with van der Waals surface area (Å²) < 4.78 is 1.69. The van der Waals surface area contributed by atoms with Gasteiger partial charge in [-0.15, -0.1) is 0 Å². The van der Waals surface area contributed by atoms with Crippen LogP contribution in [0.5, 0.6) is 0 Å². The molecule has 0 atom stereocenters. The minimum absolute atomic E-state index is 0.260. The normalized spacial score (nSPS) is 12.7. The van der Waals surface area contributed by atoms with E-state index >= 15 is 0 Å². The predicted molar refractivity (Wildman–Crippen MR) is 105 cm³/mol. The minimum Gasteiger partial charge on any atom is -0.370 e. The van der Waals surface area contributed by atoms with E-state index < -0.39 is 0 Å². The number of pyridine rings is 1. The van der Waals surface area contributed by atoms with E-state index in [1.54, 1.807) is 16.9 Å². The average molecular weight is 362 g/mol. The van der Waals surface area contributed by atoms with Crippen LogP contribution in [-0.4, -0.2) is 33.9 Å². The van der Waals surface area contributed by atoms with Gasteiger partial charge in [-0.2, -0.15) is 5.10 Å². The molecule has 0 bridgehead atoms. The number of hydrogen-bond donors (Lipinski definition) is 3. The molecule has 27 heavy (non-hydrogen) atoms. The van der Waals surface area contributed by atoms with Crippen molar-refractivity contribution in [2.45, 2.75) is 19.3 Å². The fourth-order valence-corrected chi connectivity index (χ4v) is 3.15. The summed E-state index contributed by atoms with van der Waals surface area (Å²) in [7, 11) is 0. The second kappa shape index (κ2) is 7.90. The number of hydrogen-bond acceptors (Lipinski definition) is 4. The van der Waals surface area contributed by atoms with Crippen LogP contribution in [0.25, 0.3) is 5.69 Å². The van der Waals surface area contributed by atoms with Crippen molar-refractivity contribution in [3.63, 3.8) is 0 Å². The fraction of sp³-hybridized carbons (Fsp3) is 0.250. The van der Waals surface area contributed by atoms with Gasteiger partial charge in [-0.1, -0.05) is 24.3 Å². The van der Waals surface area contributed by atoms with E-state index in [1.807, 2.05) is 36.4 Å². The first kappa shape index (κ1) is 17.1. The molecule has 0 saturated carbocycles. The Kier molecular flexibility index (Phi) is 5.00. The Bertz CT molecular complexity index is 921. The number of nitrogens with one attached hydrogen (secondary N) is 3. The topological polar surface area (TPSA) is 83.9 Å². The van der Waals surface area contributed by atoms with Crippen LogP contribution < -0.4 is 16.0 Å². The number of anilines is 2. The van der Waals surface area contributed by atoms with Gasteiger partial charge < -0.3 is 10.6 Å². The third-order valence-electron chi connectivity index (χ3n) is 4.50. The summed E-state index contributed by atoms with van der Waals surface area (Å²) >= 11 is 0. The van der Waals surface area contributed by atoms with E-state index in [-0.39, 0.29) is 6.03 Å². The van der Waals surface area contributed by atoms with E-state index in [0.29, 0.717) is 18.8 Å². The molecule has 7 nitrogen and oxygen atoms in total. The van der Waals surface area contributed by atoms with E-state index in [0.717, 1.165) is 36.6 Å². The summed E-state index contributed by atoms with van der Waals surface area (Å²) in [5, 5.41) is 13.3. The highest BCUT2D eigenvalue weighted by molar-refractivity contribution is 5.88. The second-order valence-corrected chi connectivity index (χ2v) is 6.44. The maximum absolute atomic E-state index is 12.2. The molecular formula is C20H22N6O. The number of rotatable bonds is 5. The Morgan fingerprint density at radius 2 is 2.04 bits per heavy atom. The van der Waals surface area contributed by atoms with Crippen LogP contribution in [0.3, 0.4) is 0 Å². The Hall–Kier alpha value is -3.35. The third kappa shape index (κ3) is 4.08. The average Bonchev–Trinajstić information content (AvgIpc) is 3.16. The Labute approximate surface area is 157 Å². The number of aromatic nitrogens is 3. The number of carbonyl (C=O) groups is 1. The molecule has 0 aliphatic carbocycles. The lowest BCUT2D eigenvalue weighted by Gasteiger charge is -2.17. The number of fused-ring (bicyclic) bond motifs is 1. The van der Waals surface area contributed by atoms with Gasteiger partial charge in [-0.3, -0.25) is 5.32 Å². The number of benzene rings is 1. The zero-order valence-electron chi connectivity index (χ0n) is 15.0. The molecule has 4 rings (SSSR count). The van der Waals surface area contributed by atoms with Gasteiger partial charge in [-0.25, -0.2) is 14.5 Å². The summed E-state index contributed by atoms with van der Waals surface area (Å²) in [6.07, 6.45) is 4.56. The zero-order chi connectivity index (χ0) is 18.5. The lowest BCUT2D eigenvalue weighted by Crippen LogP contribution is -2.31. The minimum atomic E-state index is -0.260. The first-order valence-corrected chi connectivity index (χ1v) is 9.16. The first-order valence-electron chi connectivity index (χ1n) is 9.16. The third-order valence-corrected chi connectivity index (χ3v) is 4.50. The van der Waals surface area contributed by atoms with E-state index in [1.165, 1.54) is 5.56 Å². The summed E-state index contributed by atoms with van der Waals surface area (Å²) in [6, 6.07) is 15.3. The molecule has 1 aromatic carbocycles. The fourth-order valence-electron chi connectivity index (χ4n) is 3.15. The molecule has 0 saturated heterocycles. The van der Waals surface area contributed by atoms with Crippen LogP contribution in [0.15, 0.2) is 54.7 Å². The van der Waals surface area contributed by atoms with Gasteiger partial charge in [-0.05, 0) is 36.6 Å². The number of amides is 2. The van der Waals surface area contributed by atoms with Crippen molar-refractivity contribution in [2.75, 3.05) is 23.7 Å². The molecule has 3 heterocycles. The molecule has 0 fully saturated rings. The summed E-state index contributed by atoms with van der Waals surface area (Å²) in [5.74, 6) is 1.60. The Balaban J connectivity index is 1.31. The second-order valence-electron chi connectivity index (χ2n) is 6.44. The molecule has 1 aliphatic heterocycles. The Morgan fingerprint density at radius 1 is 1.15 bits per heavy atom. The highest BCUT2D eigenvalue weighted by atomic mass is 16.2. The SMILES string of the molecule is O=C(NCCc1ccc2c(n1)NCCC2)Nc1ccnn1-c1ccccc1. The number of urea groups is 1. The van der Waals surface area contributed by atoms with Gasteiger partial charge in [0.1, 0.15) is 11.6 Å². The Morgan fingerprint density at radius 3 is 2.93 bits per heavy atom. The number of carbonyl (C=O) groups excluding carboxylic acids is 1. The van der Waals surface area contributed by atoms with Crippen LogP contribution in [0.4, 0.5) is 16.4 Å². The summed E-state index contributed by atoms with van der Waals surface area (Å²) in [5.41, 5.74) is 3.13. The maximum atomic E-state index is 12.2. The molecule has 3 N–H and O–H groups in total. The molecule has 0 spiro atoms. The van der Waals surface area contributed by atoms with Gasteiger partial charge in [0.05, 0.1) is 11.9 Å². The number of nitrogens with zero attached hydrogens (tertiary/aromatic N) is 3. The molecule has 1 aliphatic rings. The van der Waals surface area contributed by atoms with Crippen molar-refractivity contribution < 1.29 is 4.79 Å². The molecule has 2 aromatic heterocycles. The van der Waals surface area contributed by atoms with Crippen molar-refractivity contribution >= 4 is 17.7 Å². The number of para-hydroxylation sites is 1.